The van der Waals surface area contributed by atoms with Crippen molar-refractivity contribution in [3.05, 3.63) is 84.5 Å². The molecule has 17 nitrogen and oxygen atoms in total. The number of benzene rings is 1. The van der Waals surface area contributed by atoms with Crippen molar-refractivity contribution in [1.82, 2.24) is 44.5 Å². The van der Waals surface area contributed by atoms with Crippen LogP contribution in [0.1, 0.15) is 121 Å². The minimum atomic E-state index is -0.749. The Hall–Kier alpha value is -6.82. The van der Waals surface area contributed by atoms with Crippen molar-refractivity contribution in [3.63, 3.8) is 0 Å². The molecule has 6 fully saturated rings. The molecule has 4 aromatic heterocycles. The monoisotopic (exact) mass is 1020 g/mol. The normalized spacial score (nSPS) is 23.7. The van der Waals surface area contributed by atoms with Gasteiger partial charge in [-0.15, -0.1) is 0 Å². The van der Waals surface area contributed by atoms with Gasteiger partial charge in [-0.25, -0.2) is 14.4 Å². The van der Waals surface area contributed by atoms with Gasteiger partial charge in [-0.2, -0.15) is 0 Å². The lowest BCUT2D eigenvalue weighted by Crippen LogP contribution is -2.58. The van der Waals surface area contributed by atoms with Gasteiger partial charge in [-0.3, -0.25) is 39.3 Å². The number of nitrogens with one attached hydrogen (secondary N) is 2. The summed E-state index contributed by atoms with van der Waals surface area (Å²) in [7, 11) is 0. The minimum Gasteiger partial charge on any atom is -0.370 e. The highest BCUT2D eigenvalue weighted by Gasteiger charge is 2.56. The van der Waals surface area contributed by atoms with Gasteiger partial charge >= 0.3 is 0 Å². The van der Waals surface area contributed by atoms with E-state index in [0.717, 1.165) is 85.4 Å². The fraction of sp³-hybridized carbons (Fsp3) is 0.526. The van der Waals surface area contributed by atoms with Crippen LogP contribution in [0.4, 0.5) is 27.3 Å². The second-order valence-electron chi connectivity index (χ2n) is 22.4. The molecule has 5 aromatic rings. The van der Waals surface area contributed by atoms with E-state index in [1.54, 1.807) is 24.8 Å². The molecule has 0 bridgehead atoms. The van der Waals surface area contributed by atoms with E-state index in [1.165, 1.54) is 25.5 Å². The molecular formula is C57H67FN12O5. The van der Waals surface area contributed by atoms with Crippen molar-refractivity contribution >= 4 is 63.4 Å². The zero-order valence-corrected chi connectivity index (χ0v) is 43.1. The SMILES string of the molecule is CC(C)n1cnc2cc(-c3ccc4c(c3)N([C@H]3C[C@@H](N5CCCCC5)C3)C(=O)C43CCN(C(=O)C4CCN(C(=O)C5CCN(c6ccc(C7CCC(=O)NC7=O)nc6)CC5)CC4)CC3)nc(Nc3ccncc3F)c21. The minimum absolute atomic E-state index is 0.0742. The van der Waals surface area contributed by atoms with Crippen molar-refractivity contribution in [1.29, 1.82) is 0 Å². The van der Waals surface area contributed by atoms with Crippen LogP contribution in [-0.4, -0.2) is 133 Å². The van der Waals surface area contributed by atoms with Crippen LogP contribution in [0.3, 0.4) is 0 Å². The Labute approximate surface area is 436 Å². The number of hydrogen-bond acceptors (Lipinski definition) is 12. The first-order valence-electron chi connectivity index (χ1n) is 27.5. The number of halogens is 1. The van der Waals surface area contributed by atoms with Gasteiger partial charge in [0.05, 0.1) is 58.3 Å². The Morgan fingerprint density at radius 1 is 0.787 bits per heavy atom. The first kappa shape index (κ1) is 49.1. The maximum Gasteiger partial charge on any atom is 0.238 e. The standard InChI is InChI=1S/C57H67FN12O5/c1-35(2)69-34-61-48-31-47(63-52(51(48)69)62-46-12-19-59-33-44(46)58)38-6-9-43-49(28-38)70(41-29-40(30-41)65-20-4-3-5-21-65)56(75)57(43)17-26-68(27-18-57)55(74)37-15-24-67(25-16-37)54(73)36-13-22-66(23-14-36)39-7-10-45(60-32-39)42-8-11-50(71)64-53(42)72/h6-7,9-10,12,19,28,31-37,40-42H,3-5,8,11,13-18,20-27,29-30H2,1-2H3,(H,59,62,63)(H,64,71,72)/t40-,41+,42?. The number of imidazole rings is 1. The van der Waals surface area contributed by atoms with E-state index in [-0.39, 0.29) is 59.1 Å². The molecule has 1 unspecified atom stereocenters. The van der Waals surface area contributed by atoms with Gasteiger partial charge in [0.1, 0.15) is 5.52 Å². The third kappa shape index (κ3) is 9.09. The number of pyridine rings is 3. The van der Waals surface area contributed by atoms with Gasteiger partial charge < -0.3 is 34.4 Å². The van der Waals surface area contributed by atoms with E-state index in [4.69, 9.17) is 9.97 Å². The summed E-state index contributed by atoms with van der Waals surface area (Å²) < 4.78 is 17.1. The lowest BCUT2D eigenvalue weighted by Gasteiger charge is -2.48. The molecule has 6 aliphatic heterocycles. The van der Waals surface area contributed by atoms with E-state index >= 15 is 9.18 Å². The Morgan fingerprint density at radius 3 is 2.19 bits per heavy atom. The zero-order chi connectivity index (χ0) is 51.5. The van der Waals surface area contributed by atoms with Gasteiger partial charge in [0.25, 0.3) is 0 Å². The number of rotatable bonds is 10. The molecule has 5 amide bonds. The third-order valence-corrected chi connectivity index (χ3v) is 17.9. The summed E-state index contributed by atoms with van der Waals surface area (Å²) in [6.45, 7) is 9.91. The Kier molecular flexibility index (Phi) is 13.1. The first-order valence-corrected chi connectivity index (χ1v) is 27.5. The maximum absolute atomic E-state index is 15.3. The molecule has 392 valence electrons. The zero-order valence-electron chi connectivity index (χ0n) is 43.1. The maximum atomic E-state index is 15.3. The molecule has 7 aliphatic rings. The van der Waals surface area contributed by atoms with Gasteiger partial charge in [0, 0.05) is 93.1 Å². The van der Waals surface area contributed by atoms with Crippen LogP contribution in [0.25, 0.3) is 22.3 Å². The van der Waals surface area contributed by atoms with Crippen molar-refractivity contribution in [2.24, 2.45) is 11.8 Å². The Bertz CT molecular complexity index is 3020. The second kappa shape index (κ2) is 20.0. The molecule has 2 N–H and O–H groups in total. The van der Waals surface area contributed by atoms with Gasteiger partial charge in [0.15, 0.2) is 11.6 Å². The number of carbonyl (C=O) groups is 5. The Morgan fingerprint density at radius 2 is 1.51 bits per heavy atom. The number of carbonyl (C=O) groups excluding carboxylic acids is 5. The van der Waals surface area contributed by atoms with E-state index < -0.39 is 17.2 Å². The average Bonchev–Trinajstić information content (AvgIpc) is 3.96. The molecule has 12 rings (SSSR count). The van der Waals surface area contributed by atoms with Crippen molar-refractivity contribution in [2.45, 2.75) is 127 Å². The molecule has 0 radical (unpaired) electrons. The van der Waals surface area contributed by atoms with Gasteiger partial charge in [-0.1, -0.05) is 18.6 Å². The number of nitrogens with zero attached hydrogens (tertiary/aromatic N) is 10. The van der Waals surface area contributed by atoms with Crippen molar-refractivity contribution in [3.8, 4) is 11.3 Å². The van der Waals surface area contributed by atoms with E-state index in [1.807, 2.05) is 32.6 Å². The summed E-state index contributed by atoms with van der Waals surface area (Å²) in [6.07, 6.45) is 16.4. The highest BCUT2D eigenvalue weighted by molar-refractivity contribution is 6.09. The predicted octanol–water partition coefficient (Wildman–Crippen LogP) is 7.25. The number of hydrogen-bond donors (Lipinski definition) is 2. The molecule has 1 spiro atoms. The van der Waals surface area contributed by atoms with Gasteiger partial charge in [-0.05, 0) is 133 Å². The highest BCUT2D eigenvalue weighted by atomic mass is 19.1. The van der Waals surface area contributed by atoms with Crippen LogP contribution in [0.5, 0.6) is 0 Å². The van der Waals surface area contributed by atoms with E-state index in [2.05, 4.69) is 67.3 Å². The summed E-state index contributed by atoms with van der Waals surface area (Å²) in [5.41, 5.74) is 6.05. The lowest BCUT2D eigenvalue weighted by molar-refractivity contribution is -0.144. The second-order valence-corrected chi connectivity index (χ2v) is 22.4. The molecule has 75 heavy (non-hydrogen) atoms. The smallest absolute Gasteiger partial charge is 0.238 e. The summed E-state index contributed by atoms with van der Waals surface area (Å²) in [5, 5.41) is 5.65. The number of fused-ring (bicyclic) bond motifs is 3. The number of amides is 5. The molecule has 1 aliphatic carbocycles. The fourth-order valence-electron chi connectivity index (χ4n) is 13.4. The first-order chi connectivity index (χ1) is 36.4. The molecule has 1 atom stereocenters. The number of anilines is 4. The van der Waals surface area contributed by atoms with E-state index in [0.29, 0.717) is 88.0 Å². The van der Waals surface area contributed by atoms with Crippen LogP contribution < -0.4 is 20.4 Å². The number of piperidine rings is 5. The summed E-state index contributed by atoms with van der Waals surface area (Å²) in [6, 6.07) is 14.3. The largest absolute Gasteiger partial charge is 0.370 e. The van der Waals surface area contributed by atoms with Crippen LogP contribution in [0, 0.1) is 17.7 Å². The van der Waals surface area contributed by atoms with Crippen LogP contribution in [0.15, 0.2) is 67.4 Å². The molecule has 18 heteroatoms. The van der Waals surface area contributed by atoms with Crippen molar-refractivity contribution < 1.29 is 28.4 Å². The van der Waals surface area contributed by atoms with Gasteiger partial charge in [0.2, 0.25) is 29.5 Å². The molecular weight excluding hydrogens is 952 g/mol. The van der Waals surface area contributed by atoms with Crippen LogP contribution in [-0.2, 0) is 29.4 Å². The number of likely N-dealkylation sites (tertiary alicyclic amines) is 3. The number of aromatic nitrogens is 5. The predicted molar refractivity (Wildman–Crippen MR) is 282 cm³/mol. The summed E-state index contributed by atoms with van der Waals surface area (Å²) >= 11 is 0. The fourth-order valence-corrected chi connectivity index (χ4v) is 13.4. The van der Waals surface area contributed by atoms with Crippen LogP contribution >= 0.6 is 0 Å². The third-order valence-electron chi connectivity index (χ3n) is 17.9. The molecule has 1 saturated carbocycles. The van der Waals surface area contributed by atoms with Crippen molar-refractivity contribution in [2.75, 3.05) is 67.5 Å². The molecule has 10 heterocycles. The Balaban J connectivity index is 0.712. The number of imide groups is 1. The summed E-state index contributed by atoms with van der Waals surface area (Å²) in [5.74, 6) is -0.792. The average molecular weight is 1020 g/mol. The van der Waals surface area contributed by atoms with Crippen LogP contribution in [0.2, 0.25) is 0 Å². The van der Waals surface area contributed by atoms with E-state index in [9.17, 15) is 19.2 Å². The molecule has 1 aromatic carbocycles. The topological polar surface area (TPSA) is 182 Å². The quantitative estimate of drug-likeness (QED) is 0.134. The summed E-state index contributed by atoms with van der Waals surface area (Å²) in [4.78, 5) is 96.8. The highest BCUT2D eigenvalue weighted by Crippen LogP contribution is 2.52. The molecule has 5 saturated heterocycles. The lowest BCUT2D eigenvalue weighted by atomic mass is 9.73.